The van der Waals surface area contributed by atoms with E-state index in [4.69, 9.17) is 16.3 Å². The fraction of sp³-hybridized carbons (Fsp3) is 0.400. The molecule has 1 aliphatic rings. The van der Waals surface area contributed by atoms with Crippen LogP contribution in [0.1, 0.15) is 18.4 Å². The maximum absolute atomic E-state index is 12.1. The quantitative estimate of drug-likeness (QED) is 0.868. The lowest BCUT2D eigenvalue weighted by atomic mass is 10.2. The van der Waals surface area contributed by atoms with E-state index >= 15 is 0 Å². The molecule has 0 aliphatic carbocycles. The van der Waals surface area contributed by atoms with Crippen LogP contribution in [0.15, 0.2) is 24.3 Å². The summed E-state index contributed by atoms with van der Waals surface area (Å²) in [5, 5.41) is 9.82. The van der Waals surface area contributed by atoms with Crippen molar-refractivity contribution in [3.63, 3.8) is 0 Å². The third-order valence-corrected chi connectivity index (χ3v) is 3.70. The van der Waals surface area contributed by atoms with Gasteiger partial charge in [0.2, 0.25) is 5.91 Å². The van der Waals surface area contributed by atoms with E-state index in [1.54, 1.807) is 36.3 Å². The molecule has 0 aromatic heterocycles. The molecule has 0 bridgehead atoms. The van der Waals surface area contributed by atoms with Crippen molar-refractivity contribution >= 4 is 23.6 Å². The van der Waals surface area contributed by atoms with Crippen LogP contribution in [-0.2, 0) is 4.79 Å². The lowest BCUT2D eigenvalue weighted by molar-refractivity contribution is -0.127. The van der Waals surface area contributed by atoms with E-state index < -0.39 is 0 Å². The van der Waals surface area contributed by atoms with Gasteiger partial charge in [-0.2, -0.15) is 0 Å². The predicted molar refractivity (Wildman–Crippen MR) is 78.9 cm³/mol. The van der Waals surface area contributed by atoms with E-state index in [0.717, 1.165) is 18.4 Å². The number of aliphatic hydroxyl groups is 1. The zero-order chi connectivity index (χ0) is 14.5. The van der Waals surface area contributed by atoms with Crippen molar-refractivity contribution in [2.45, 2.75) is 18.9 Å². The normalized spacial score (nSPS) is 18.8. The molecule has 1 atom stereocenters. The summed E-state index contributed by atoms with van der Waals surface area (Å²) in [6, 6.07) is 5.19. The molecule has 1 aromatic rings. The summed E-state index contributed by atoms with van der Waals surface area (Å²) >= 11 is 5.94. The van der Waals surface area contributed by atoms with Crippen LogP contribution >= 0.6 is 11.6 Å². The number of ether oxygens (including phenoxy) is 1. The first-order valence-corrected chi connectivity index (χ1v) is 6.96. The number of carbonyl (C=O) groups is 1. The number of rotatable bonds is 4. The van der Waals surface area contributed by atoms with E-state index in [1.807, 2.05) is 0 Å². The first-order chi connectivity index (χ1) is 9.65. The summed E-state index contributed by atoms with van der Waals surface area (Å²) < 4.78 is 5.23. The monoisotopic (exact) mass is 295 g/mol. The summed E-state index contributed by atoms with van der Waals surface area (Å²) in [7, 11) is 1.57. The molecule has 1 saturated heterocycles. The van der Waals surface area contributed by atoms with Crippen LogP contribution in [0.2, 0.25) is 5.02 Å². The molecule has 5 heteroatoms. The fourth-order valence-electron chi connectivity index (χ4n) is 2.41. The van der Waals surface area contributed by atoms with Crippen LogP contribution < -0.4 is 4.74 Å². The van der Waals surface area contributed by atoms with Gasteiger partial charge in [0, 0.05) is 23.2 Å². The van der Waals surface area contributed by atoms with Gasteiger partial charge in [-0.3, -0.25) is 4.79 Å². The molecule has 0 unspecified atom stereocenters. The number of hydrogen-bond acceptors (Lipinski definition) is 3. The maximum atomic E-state index is 12.1. The number of aliphatic hydroxyl groups excluding tert-OH is 1. The lowest BCUT2D eigenvalue weighted by Crippen LogP contribution is -2.36. The van der Waals surface area contributed by atoms with Gasteiger partial charge in [0.1, 0.15) is 5.75 Å². The first-order valence-electron chi connectivity index (χ1n) is 6.58. The highest BCUT2D eigenvalue weighted by Gasteiger charge is 2.26. The minimum Gasteiger partial charge on any atom is -0.496 e. The van der Waals surface area contributed by atoms with Gasteiger partial charge in [-0.25, -0.2) is 0 Å². The molecule has 1 aromatic carbocycles. The van der Waals surface area contributed by atoms with Crippen LogP contribution in [0, 0.1) is 0 Å². The summed E-state index contributed by atoms with van der Waals surface area (Å²) in [6.07, 6.45) is 4.99. The molecule has 2 rings (SSSR count). The number of methoxy groups -OCH3 is 1. The average Bonchev–Trinajstić information content (AvgIpc) is 2.93. The number of hydrogen-bond donors (Lipinski definition) is 1. The molecule has 4 nitrogen and oxygen atoms in total. The number of nitrogens with zero attached hydrogens (tertiary/aromatic N) is 1. The van der Waals surface area contributed by atoms with Crippen molar-refractivity contribution in [3.05, 3.63) is 34.9 Å². The van der Waals surface area contributed by atoms with Crippen molar-refractivity contribution in [2.24, 2.45) is 0 Å². The van der Waals surface area contributed by atoms with Crippen LogP contribution in [-0.4, -0.2) is 42.2 Å². The van der Waals surface area contributed by atoms with Crippen molar-refractivity contribution in [1.82, 2.24) is 4.90 Å². The number of carbonyl (C=O) groups excluding carboxylic acids is 1. The van der Waals surface area contributed by atoms with Crippen LogP contribution in [0.25, 0.3) is 6.08 Å². The smallest absolute Gasteiger partial charge is 0.246 e. The summed E-state index contributed by atoms with van der Waals surface area (Å²) in [4.78, 5) is 13.8. The molecule has 0 spiro atoms. The van der Waals surface area contributed by atoms with Crippen LogP contribution in [0.4, 0.5) is 0 Å². The van der Waals surface area contributed by atoms with E-state index in [0.29, 0.717) is 17.3 Å². The average molecular weight is 296 g/mol. The number of amides is 1. The molecule has 108 valence electrons. The van der Waals surface area contributed by atoms with Gasteiger partial charge in [-0.1, -0.05) is 11.6 Å². The Morgan fingerprint density at radius 3 is 3.10 bits per heavy atom. The predicted octanol–water partition coefficient (Wildman–Crippen LogP) is 2.35. The van der Waals surface area contributed by atoms with Crippen LogP contribution in [0.3, 0.4) is 0 Å². The zero-order valence-corrected chi connectivity index (χ0v) is 12.1. The molecule has 0 radical (unpaired) electrons. The van der Waals surface area contributed by atoms with Gasteiger partial charge in [-0.05, 0) is 37.1 Å². The molecule has 1 heterocycles. The first kappa shape index (κ1) is 14.9. The van der Waals surface area contributed by atoms with Gasteiger partial charge >= 0.3 is 0 Å². The summed E-state index contributed by atoms with van der Waals surface area (Å²) in [5.41, 5.74) is 0.757. The van der Waals surface area contributed by atoms with E-state index in [-0.39, 0.29) is 18.6 Å². The molecule has 1 amide bonds. The standard InChI is InChI=1S/C15H18ClNO3/c1-20-14-6-5-12(16)9-11(14)4-7-15(19)17-8-2-3-13(17)10-18/h4-7,9,13,18H,2-3,8,10H2,1H3/b7-4+/t13-/m1/s1. The van der Waals surface area contributed by atoms with Gasteiger partial charge < -0.3 is 14.7 Å². The van der Waals surface area contributed by atoms with Gasteiger partial charge in [0.15, 0.2) is 0 Å². The highest BCUT2D eigenvalue weighted by molar-refractivity contribution is 6.30. The van der Waals surface area contributed by atoms with Crippen molar-refractivity contribution in [3.8, 4) is 5.75 Å². The molecule has 20 heavy (non-hydrogen) atoms. The molecular formula is C15H18ClNO3. The summed E-state index contributed by atoms with van der Waals surface area (Å²) in [5.74, 6) is 0.571. The Balaban J connectivity index is 2.12. The Labute approximate surface area is 123 Å². The zero-order valence-electron chi connectivity index (χ0n) is 11.4. The van der Waals surface area contributed by atoms with E-state index in [2.05, 4.69) is 0 Å². The van der Waals surface area contributed by atoms with Crippen molar-refractivity contribution in [2.75, 3.05) is 20.3 Å². The topological polar surface area (TPSA) is 49.8 Å². The molecular weight excluding hydrogens is 278 g/mol. The highest BCUT2D eigenvalue weighted by atomic mass is 35.5. The third kappa shape index (κ3) is 3.32. The maximum Gasteiger partial charge on any atom is 0.246 e. The molecule has 0 saturated carbocycles. The summed E-state index contributed by atoms with van der Waals surface area (Å²) in [6.45, 7) is 0.709. The largest absolute Gasteiger partial charge is 0.496 e. The van der Waals surface area contributed by atoms with Gasteiger partial charge in [0.25, 0.3) is 0 Å². The second-order valence-electron chi connectivity index (χ2n) is 4.73. The van der Waals surface area contributed by atoms with E-state index in [1.165, 1.54) is 6.08 Å². The number of likely N-dealkylation sites (tertiary alicyclic amines) is 1. The molecule has 1 aliphatic heterocycles. The Hall–Kier alpha value is -1.52. The van der Waals surface area contributed by atoms with Gasteiger partial charge in [-0.15, -0.1) is 0 Å². The molecule has 1 N–H and O–H groups in total. The minimum atomic E-state index is -0.0939. The van der Waals surface area contributed by atoms with Gasteiger partial charge in [0.05, 0.1) is 19.8 Å². The Morgan fingerprint density at radius 1 is 1.60 bits per heavy atom. The SMILES string of the molecule is COc1ccc(Cl)cc1/C=C/C(=O)N1CCC[C@@H]1CO. The molecule has 1 fully saturated rings. The Bertz CT molecular complexity index is 516. The number of benzene rings is 1. The highest BCUT2D eigenvalue weighted by Crippen LogP contribution is 2.24. The van der Waals surface area contributed by atoms with Crippen molar-refractivity contribution < 1.29 is 14.6 Å². The third-order valence-electron chi connectivity index (χ3n) is 3.47. The fourth-order valence-corrected chi connectivity index (χ4v) is 2.59. The van der Waals surface area contributed by atoms with Crippen molar-refractivity contribution in [1.29, 1.82) is 0 Å². The Morgan fingerprint density at radius 2 is 2.40 bits per heavy atom. The minimum absolute atomic E-state index is 0.0140. The Kier molecular flexibility index (Phi) is 5.04. The lowest BCUT2D eigenvalue weighted by Gasteiger charge is -2.21. The van der Waals surface area contributed by atoms with Crippen LogP contribution in [0.5, 0.6) is 5.75 Å². The second kappa shape index (κ2) is 6.77. The van der Waals surface area contributed by atoms with E-state index in [9.17, 15) is 9.90 Å². The number of halogens is 1. The second-order valence-corrected chi connectivity index (χ2v) is 5.17.